The van der Waals surface area contributed by atoms with Gasteiger partial charge in [0.2, 0.25) is 0 Å². The average molecular weight is 260 g/mol. The van der Waals surface area contributed by atoms with E-state index < -0.39 is 5.92 Å². The third-order valence-electron chi connectivity index (χ3n) is 6.62. The molecule has 2 rings (SSSR count). The summed E-state index contributed by atoms with van der Waals surface area (Å²) in [5.74, 6) is -0.161. The molecule has 3 heteroatoms. The Balaban J connectivity index is 2.46. The standard InChI is InChI=1S/C16H24N2O/c1-14(2)12-5-7-15(3,11(9-17)10-18)16(12,4)8-6-13(14)19/h11-13,19H,5-8H2,1-4H3/t12-,13-,15+,16-/m0/s1. The molecule has 0 heterocycles. The molecule has 0 aromatic heterocycles. The van der Waals surface area contributed by atoms with Crippen molar-refractivity contribution in [2.75, 3.05) is 0 Å². The molecule has 19 heavy (non-hydrogen) atoms. The minimum atomic E-state index is -0.548. The van der Waals surface area contributed by atoms with E-state index in [4.69, 9.17) is 0 Å². The van der Waals surface area contributed by atoms with Gasteiger partial charge in [-0.05, 0) is 42.4 Å². The molecular formula is C16H24N2O. The fraction of sp³-hybridized carbons (Fsp3) is 0.875. The highest BCUT2D eigenvalue weighted by Gasteiger charge is 2.64. The molecule has 2 fully saturated rings. The van der Waals surface area contributed by atoms with Crippen molar-refractivity contribution in [2.24, 2.45) is 28.1 Å². The Labute approximate surface area is 116 Å². The summed E-state index contributed by atoms with van der Waals surface area (Å²) in [5.41, 5.74) is -0.398. The zero-order chi connectivity index (χ0) is 14.5. The van der Waals surface area contributed by atoms with Crippen molar-refractivity contribution in [3.05, 3.63) is 0 Å². The maximum atomic E-state index is 10.3. The number of nitrogens with zero attached hydrogens (tertiary/aromatic N) is 2. The van der Waals surface area contributed by atoms with Crippen LogP contribution in [0.1, 0.15) is 53.4 Å². The molecule has 0 spiro atoms. The predicted molar refractivity (Wildman–Crippen MR) is 72.7 cm³/mol. The van der Waals surface area contributed by atoms with E-state index in [-0.39, 0.29) is 22.3 Å². The van der Waals surface area contributed by atoms with Crippen LogP contribution in [0.5, 0.6) is 0 Å². The van der Waals surface area contributed by atoms with Crippen LogP contribution in [0, 0.1) is 50.7 Å². The Hall–Kier alpha value is -1.06. The molecule has 4 atom stereocenters. The van der Waals surface area contributed by atoms with Gasteiger partial charge in [0.15, 0.2) is 0 Å². The molecule has 0 radical (unpaired) electrons. The second-order valence-corrected chi connectivity index (χ2v) is 7.49. The van der Waals surface area contributed by atoms with Gasteiger partial charge < -0.3 is 5.11 Å². The molecule has 2 aliphatic carbocycles. The van der Waals surface area contributed by atoms with E-state index in [1.165, 1.54) is 0 Å². The number of aliphatic hydroxyl groups excluding tert-OH is 1. The average Bonchev–Trinajstić information content (AvgIpc) is 2.62. The highest BCUT2D eigenvalue weighted by Crippen LogP contribution is 2.68. The lowest BCUT2D eigenvalue weighted by Gasteiger charge is -2.55. The Morgan fingerprint density at radius 2 is 1.63 bits per heavy atom. The Kier molecular flexibility index (Phi) is 3.19. The zero-order valence-corrected chi connectivity index (χ0v) is 12.4. The van der Waals surface area contributed by atoms with E-state index in [1.54, 1.807) is 0 Å². The summed E-state index contributed by atoms with van der Waals surface area (Å²) in [6.45, 7) is 8.62. The normalized spacial score (nSPS) is 44.4. The van der Waals surface area contributed by atoms with Crippen molar-refractivity contribution in [3.63, 3.8) is 0 Å². The maximum Gasteiger partial charge on any atom is 0.139 e. The van der Waals surface area contributed by atoms with Crippen LogP contribution in [-0.4, -0.2) is 11.2 Å². The second kappa shape index (κ2) is 4.22. The Bertz CT molecular complexity index is 444. The molecule has 0 saturated heterocycles. The zero-order valence-electron chi connectivity index (χ0n) is 12.4. The smallest absolute Gasteiger partial charge is 0.139 e. The van der Waals surface area contributed by atoms with Crippen molar-refractivity contribution in [3.8, 4) is 12.1 Å². The molecule has 0 aromatic carbocycles. The van der Waals surface area contributed by atoms with Gasteiger partial charge in [0.25, 0.3) is 0 Å². The van der Waals surface area contributed by atoms with Crippen LogP contribution in [-0.2, 0) is 0 Å². The van der Waals surface area contributed by atoms with Crippen molar-refractivity contribution < 1.29 is 5.11 Å². The molecule has 0 aromatic rings. The molecule has 0 bridgehead atoms. The summed E-state index contributed by atoms with van der Waals surface area (Å²) in [7, 11) is 0. The van der Waals surface area contributed by atoms with Gasteiger partial charge in [-0.15, -0.1) is 0 Å². The van der Waals surface area contributed by atoms with Crippen molar-refractivity contribution >= 4 is 0 Å². The Morgan fingerprint density at radius 1 is 1.05 bits per heavy atom. The van der Waals surface area contributed by atoms with Crippen LogP contribution < -0.4 is 0 Å². The number of hydrogen-bond acceptors (Lipinski definition) is 3. The van der Waals surface area contributed by atoms with Crippen molar-refractivity contribution in [2.45, 2.75) is 59.5 Å². The van der Waals surface area contributed by atoms with Crippen LogP contribution in [0.3, 0.4) is 0 Å². The number of aliphatic hydroxyl groups is 1. The molecule has 2 saturated carbocycles. The lowest BCUT2D eigenvalue weighted by molar-refractivity contribution is -0.115. The number of hydrogen-bond donors (Lipinski definition) is 1. The summed E-state index contributed by atoms with van der Waals surface area (Å²) in [6, 6.07) is 4.41. The van der Waals surface area contributed by atoms with Gasteiger partial charge in [-0.3, -0.25) is 0 Å². The highest BCUT2D eigenvalue weighted by molar-refractivity contribution is 5.19. The van der Waals surface area contributed by atoms with Crippen molar-refractivity contribution in [1.29, 1.82) is 10.5 Å². The van der Waals surface area contributed by atoms with E-state index in [1.807, 2.05) is 0 Å². The first-order valence-corrected chi connectivity index (χ1v) is 7.21. The number of rotatable bonds is 1. The monoisotopic (exact) mass is 260 g/mol. The molecule has 0 unspecified atom stereocenters. The minimum Gasteiger partial charge on any atom is -0.393 e. The minimum absolute atomic E-state index is 0.0220. The van der Waals surface area contributed by atoms with E-state index in [0.717, 1.165) is 25.7 Å². The van der Waals surface area contributed by atoms with Gasteiger partial charge in [0, 0.05) is 5.41 Å². The summed E-state index contributed by atoms with van der Waals surface area (Å²) in [4.78, 5) is 0. The van der Waals surface area contributed by atoms with Gasteiger partial charge in [-0.25, -0.2) is 0 Å². The first kappa shape index (κ1) is 14.4. The fourth-order valence-corrected chi connectivity index (χ4v) is 4.93. The highest BCUT2D eigenvalue weighted by atomic mass is 16.3. The molecular weight excluding hydrogens is 236 g/mol. The molecule has 3 nitrogen and oxygen atoms in total. The Morgan fingerprint density at radius 3 is 2.16 bits per heavy atom. The largest absolute Gasteiger partial charge is 0.393 e. The molecule has 0 aliphatic heterocycles. The first-order valence-electron chi connectivity index (χ1n) is 7.21. The molecule has 104 valence electrons. The SMILES string of the molecule is CC1(C)[C@@H](O)CC[C@@]2(C)[C@H]1CC[C@]2(C)C(C#N)C#N. The predicted octanol–water partition coefficient (Wildman–Crippen LogP) is 3.25. The summed E-state index contributed by atoms with van der Waals surface area (Å²) in [5, 5.41) is 28.9. The topological polar surface area (TPSA) is 67.8 Å². The van der Waals surface area contributed by atoms with Crippen LogP contribution in [0.2, 0.25) is 0 Å². The van der Waals surface area contributed by atoms with Crippen LogP contribution in [0.25, 0.3) is 0 Å². The van der Waals surface area contributed by atoms with Gasteiger partial charge in [-0.1, -0.05) is 27.7 Å². The summed E-state index contributed by atoms with van der Waals surface area (Å²) < 4.78 is 0. The van der Waals surface area contributed by atoms with Gasteiger partial charge in [0.05, 0.1) is 18.2 Å². The fourth-order valence-electron chi connectivity index (χ4n) is 4.93. The van der Waals surface area contributed by atoms with Crippen molar-refractivity contribution in [1.82, 2.24) is 0 Å². The third kappa shape index (κ3) is 1.65. The second-order valence-electron chi connectivity index (χ2n) is 7.49. The molecule has 2 aliphatic rings. The van der Waals surface area contributed by atoms with Gasteiger partial charge >= 0.3 is 0 Å². The number of fused-ring (bicyclic) bond motifs is 1. The third-order valence-corrected chi connectivity index (χ3v) is 6.62. The maximum absolute atomic E-state index is 10.3. The quantitative estimate of drug-likeness (QED) is 0.786. The molecule has 1 N–H and O–H groups in total. The lowest BCUT2D eigenvalue weighted by Crippen LogP contribution is -2.53. The van der Waals surface area contributed by atoms with Gasteiger partial charge in [0.1, 0.15) is 5.92 Å². The molecule has 0 amide bonds. The van der Waals surface area contributed by atoms with E-state index in [0.29, 0.717) is 5.92 Å². The van der Waals surface area contributed by atoms with Crippen LogP contribution >= 0.6 is 0 Å². The van der Waals surface area contributed by atoms with Crippen LogP contribution in [0.4, 0.5) is 0 Å². The number of nitriles is 2. The van der Waals surface area contributed by atoms with Crippen LogP contribution in [0.15, 0.2) is 0 Å². The summed E-state index contributed by atoms with van der Waals surface area (Å²) >= 11 is 0. The first-order chi connectivity index (χ1) is 8.74. The van der Waals surface area contributed by atoms with E-state index in [2.05, 4.69) is 39.8 Å². The lowest BCUT2D eigenvalue weighted by atomic mass is 9.49. The van der Waals surface area contributed by atoms with Gasteiger partial charge in [-0.2, -0.15) is 10.5 Å². The summed E-state index contributed by atoms with van der Waals surface area (Å²) in [6.07, 6.45) is 3.35. The van der Waals surface area contributed by atoms with E-state index in [9.17, 15) is 15.6 Å². The van der Waals surface area contributed by atoms with E-state index >= 15 is 0 Å².